The van der Waals surface area contributed by atoms with E-state index in [1.165, 1.54) is 0 Å². The number of ketones is 1. The highest BCUT2D eigenvalue weighted by molar-refractivity contribution is 7.91. The Bertz CT molecular complexity index is 770. The molecule has 2 aliphatic rings. The lowest BCUT2D eigenvalue weighted by atomic mass is 9.79. The van der Waals surface area contributed by atoms with Crippen LogP contribution < -0.4 is 4.90 Å². The maximum atomic E-state index is 13.1. The summed E-state index contributed by atoms with van der Waals surface area (Å²) in [5.41, 5.74) is 0.459. The number of benzene rings is 1. The maximum absolute atomic E-state index is 13.1. The Morgan fingerprint density at radius 1 is 1.12 bits per heavy atom. The van der Waals surface area contributed by atoms with Crippen LogP contribution in [0.25, 0.3) is 0 Å². The number of anilines is 1. The van der Waals surface area contributed by atoms with Crippen LogP contribution in [0.5, 0.6) is 0 Å². The topological polar surface area (TPSA) is 71.5 Å². The van der Waals surface area contributed by atoms with E-state index in [2.05, 4.69) is 0 Å². The summed E-state index contributed by atoms with van der Waals surface area (Å²) in [5.74, 6) is 0.110. The SMILES string of the molecule is CCN(C(=O)C1CC2CCC(C1)C2=O)c1ccccc1S(=O)(=O)CC. The average molecular weight is 363 g/mol. The predicted octanol–water partition coefficient (Wildman–Crippen LogP) is 2.84. The van der Waals surface area contributed by atoms with Crippen LogP contribution in [0.2, 0.25) is 0 Å². The molecule has 0 spiro atoms. The van der Waals surface area contributed by atoms with Crippen molar-refractivity contribution in [1.82, 2.24) is 0 Å². The molecule has 1 aromatic carbocycles. The molecule has 1 aromatic rings. The number of carbonyl (C=O) groups excluding carboxylic acids is 2. The van der Waals surface area contributed by atoms with Gasteiger partial charge in [-0.05, 0) is 44.7 Å². The van der Waals surface area contributed by atoms with Crippen molar-refractivity contribution >= 4 is 27.2 Å². The van der Waals surface area contributed by atoms with Gasteiger partial charge in [0.05, 0.1) is 16.3 Å². The number of amides is 1. The van der Waals surface area contributed by atoms with Gasteiger partial charge in [0.25, 0.3) is 0 Å². The molecule has 3 rings (SSSR count). The molecule has 2 fully saturated rings. The number of sulfone groups is 1. The second-order valence-electron chi connectivity index (χ2n) is 7.00. The molecule has 2 bridgehead atoms. The predicted molar refractivity (Wildman–Crippen MR) is 96.1 cm³/mol. The standard InChI is InChI=1S/C19H25NO4S/c1-3-20(16-7-5-6-8-17(16)25(23,24)4-2)19(22)15-11-13-9-10-14(12-15)18(13)21/h5-8,13-15H,3-4,9-12H2,1-2H3. The molecule has 0 N–H and O–H groups in total. The molecule has 2 atom stereocenters. The van der Waals surface area contributed by atoms with E-state index < -0.39 is 9.84 Å². The van der Waals surface area contributed by atoms with Crippen LogP contribution in [0.1, 0.15) is 39.5 Å². The van der Waals surface area contributed by atoms with Crippen molar-refractivity contribution in [3.8, 4) is 0 Å². The molecule has 0 radical (unpaired) electrons. The average Bonchev–Trinajstić information content (AvgIpc) is 2.83. The summed E-state index contributed by atoms with van der Waals surface area (Å²) in [6, 6.07) is 6.71. The Hall–Kier alpha value is -1.69. The van der Waals surface area contributed by atoms with Crippen LogP contribution >= 0.6 is 0 Å². The number of rotatable bonds is 5. The summed E-state index contributed by atoms with van der Waals surface area (Å²) in [5, 5.41) is 0. The van der Waals surface area contributed by atoms with E-state index in [0.29, 0.717) is 30.9 Å². The van der Waals surface area contributed by atoms with E-state index in [9.17, 15) is 18.0 Å². The van der Waals surface area contributed by atoms with Crippen molar-refractivity contribution in [2.24, 2.45) is 17.8 Å². The molecule has 0 aliphatic heterocycles. The first-order valence-corrected chi connectivity index (χ1v) is 10.7. The number of hydrogen-bond donors (Lipinski definition) is 0. The number of hydrogen-bond acceptors (Lipinski definition) is 4. The van der Waals surface area contributed by atoms with E-state index in [1.807, 2.05) is 6.92 Å². The summed E-state index contributed by atoms with van der Waals surface area (Å²) in [4.78, 5) is 27.0. The number of carbonyl (C=O) groups is 2. The van der Waals surface area contributed by atoms with Gasteiger partial charge >= 0.3 is 0 Å². The first kappa shape index (κ1) is 18.1. The van der Waals surface area contributed by atoms with Crippen molar-refractivity contribution in [3.05, 3.63) is 24.3 Å². The zero-order chi connectivity index (χ0) is 18.2. The third-order valence-electron chi connectivity index (χ3n) is 5.61. The van der Waals surface area contributed by atoms with Crippen LogP contribution in [0.15, 0.2) is 29.2 Å². The van der Waals surface area contributed by atoms with Crippen molar-refractivity contribution < 1.29 is 18.0 Å². The number of para-hydroxylation sites is 1. The Morgan fingerprint density at radius 2 is 1.72 bits per heavy atom. The second-order valence-corrected chi connectivity index (χ2v) is 9.24. The van der Waals surface area contributed by atoms with Crippen molar-refractivity contribution in [2.75, 3.05) is 17.2 Å². The number of Topliss-reactive ketones (excluding diaryl/α,β-unsaturated/α-hetero) is 1. The zero-order valence-corrected chi connectivity index (χ0v) is 15.6. The highest BCUT2D eigenvalue weighted by atomic mass is 32.2. The molecule has 25 heavy (non-hydrogen) atoms. The fourth-order valence-corrected chi connectivity index (χ4v) is 5.33. The largest absolute Gasteiger partial charge is 0.311 e. The maximum Gasteiger partial charge on any atom is 0.230 e. The second kappa shape index (κ2) is 6.90. The Labute approximate surface area is 149 Å². The van der Waals surface area contributed by atoms with Gasteiger partial charge in [-0.25, -0.2) is 8.42 Å². The molecular formula is C19H25NO4S. The molecule has 136 valence electrons. The van der Waals surface area contributed by atoms with Gasteiger partial charge in [-0.2, -0.15) is 0 Å². The first-order chi connectivity index (χ1) is 11.9. The Morgan fingerprint density at radius 3 is 2.28 bits per heavy atom. The van der Waals surface area contributed by atoms with Crippen molar-refractivity contribution in [2.45, 2.75) is 44.4 Å². The van der Waals surface area contributed by atoms with Gasteiger partial charge in [-0.1, -0.05) is 19.1 Å². The van der Waals surface area contributed by atoms with E-state index in [-0.39, 0.29) is 34.3 Å². The van der Waals surface area contributed by atoms with E-state index in [4.69, 9.17) is 0 Å². The number of nitrogens with zero attached hydrogens (tertiary/aromatic N) is 1. The third-order valence-corrected chi connectivity index (χ3v) is 7.38. The minimum absolute atomic E-state index is 0.00215. The molecule has 0 aromatic heterocycles. The van der Waals surface area contributed by atoms with Gasteiger partial charge in [-0.15, -0.1) is 0 Å². The molecular weight excluding hydrogens is 338 g/mol. The van der Waals surface area contributed by atoms with Gasteiger partial charge in [0, 0.05) is 24.3 Å². The van der Waals surface area contributed by atoms with Gasteiger partial charge in [-0.3, -0.25) is 9.59 Å². The number of fused-ring (bicyclic) bond motifs is 2. The summed E-state index contributed by atoms with van der Waals surface area (Å²) >= 11 is 0. The smallest absolute Gasteiger partial charge is 0.230 e. The fourth-order valence-electron chi connectivity index (χ4n) is 4.24. The third kappa shape index (κ3) is 3.24. The normalized spacial score (nSPS) is 25.8. The van der Waals surface area contributed by atoms with Crippen LogP contribution in [-0.4, -0.2) is 32.4 Å². The van der Waals surface area contributed by atoms with Gasteiger partial charge in [0.15, 0.2) is 9.84 Å². The summed E-state index contributed by atoms with van der Waals surface area (Å²) in [6.45, 7) is 3.87. The molecule has 1 amide bonds. The van der Waals surface area contributed by atoms with Gasteiger partial charge in [0.2, 0.25) is 5.91 Å². The minimum Gasteiger partial charge on any atom is -0.311 e. The Kier molecular flexibility index (Phi) is 5.00. The summed E-state index contributed by atoms with van der Waals surface area (Å²) in [7, 11) is -3.41. The first-order valence-electron chi connectivity index (χ1n) is 9.05. The molecule has 0 saturated heterocycles. The molecule has 2 saturated carbocycles. The fraction of sp³-hybridized carbons (Fsp3) is 0.579. The zero-order valence-electron chi connectivity index (χ0n) is 14.8. The lowest BCUT2D eigenvalue weighted by Crippen LogP contribution is -2.41. The molecule has 5 nitrogen and oxygen atoms in total. The summed E-state index contributed by atoms with van der Waals surface area (Å²) < 4.78 is 24.8. The molecule has 2 unspecified atom stereocenters. The van der Waals surface area contributed by atoms with Gasteiger partial charge < -0.3 is 4.90 Å². The van der Waals surface area contributed by atoms with E-state index >= 15 is 0 Å². The van der Waals surface area contributed by atoms with E-state index in [1.54, 1.807) is 36.1 Å². The van der Waals surface area contributed by atoms with Crippen LogP contribution in [0.3, 0.4) is 0 Å². The van der Waals surface area contributed by atoms with E-state index in [0.717, 1.165) is 12.8 Å². The monoisotopic (exact) mass is 363 g/mol. The Balaban J connectivity index is 1.91. The highest BCUT2D eigenvalue weighted by Gasteiger charge is 2.44. The lowest BCUT2D eigenvalue weighted by Gasteiger charge is -2.31. The summed E-state index contributed by atoms with van der Waals surface area (Å²) in [6.07, 6.45) is 2.99. The lowest BCUT2D eigenvalue weighted by molar-refractivity contribution is -0.131. The van der Waals surface area contributed by atoms with Crippen molar-refractivity contribution in [1.29, 1.82) is 0 Å². The molecule has 6 heteroatoms. The quantitative estimate of drug-likeness (QED) is 0.806. The van der Waals surface area contributed by atoms with Gasteiger partial charge in [0.1, 0.15) is 5.78 Å². The highest BCUT2D eigenvalue weighted by Crippen LogP contribution is 2.43. The van der Waals surface area contributed by atoms with Crippen LogP contribution in [-0.2, 0) is 19.4 Å². The minimum atomic E-state index is -3.41. The molecule has 0 heterocycles. The van der Waals surface area contributed by atoms with Crippen LogP contribution in [0.4, 0.5) is 5.69 Å². The van der Waals surface area contributed by atoms with Crippen molar-refractivity contribution in [3.63, 3.8) is 0 Å². The molecule has 2 aliphatic carbocycles. The van der Waals surface area contributed by atoms with Crippen LogP contribution in [0, 0.1) is 17.8 Å².